The van der Waals surface area contributed by atoms with Crippen LogP contribution in [-0.4, -0.2) is 50.8 Å². The number of nitrogens with zero attached hydrogens (tertiary/aromatic N) is 3. The highest BCUT2D eigenvalue weighted by atomic mass is 32.2. The average molecular weight is 354 g/mol. The first kappa shape index (κ1) is 19.2. The molecule has 1 aromatic rings. The molecule has 1 aliphatic heterocycles. The molecule has 2 unspecified atom stereocenters. The van der Waals surface area contributed by atoms with Crippen molar-refractivity contribution >= 4 is 15.9 Å². The van der Waals surface area contributed by atoms with Gasteiger partial charge in [-0.1, -0.05) is 32.9 Å². The van der Waals surface area contributed by atoms with Crippen LogP contribution in [0, 0.1) is 11.8 Å². The Balaban J connectivity index is 2.14. The van der Waals surface area contributed by atoms with Crippen molar-refractivity contribution in [3.8, 4) is 0 Å². The first-order valence-corrected chi connectivity index (χ1v) is 10.1. The van der Waals surface area contributed by atoms with Crippen LogP contribution in [-0.2, 0) is 16.8 Å². The summed E-state index contributed by atoms with van der Waals surface area (Å²) in [4.78, 5) is 2.04. The number of piperidine rings is 1. The zero-order chi connectivity index (χ0) is 17.9. The third kappa shape index (κ3) is 4.49. The van der Waals surface area contributed by atoms with E-state index in [0.29, 0.717) is 38.0 Å². The van der Waals surface area contributed by atoms with Gasteiger partial charge in [0.15, 0.2) is 0 Å². The monoisotopic (exact) mass is 353 g/mol. The Morgan fingerprint density at radius 3 is 2.08 bits per heavy atom. The molecule has 1 saturated heterocycles. The Labute approximate surface area is 147 Å². The summed E-state index contributed by atoms with van der Waals surface area (Å²) < 4.78 is 29.3. The van der Waals surface area contributed by atoms with E-state index in [9.17, 15) is 8.42 Å². The van der Waals surface area contributed by atoms with Crippen LogP contribution in [0.4, 0.5) is 5.69 Å². The maximum Gasteiger partial charge on any atom is 0.282 e. The molecule has 0 bridgehead atoms. The predicted molar refractivity (Wildman–Crippen MR) is 100 cm³/mol. The van der Waals surface area contributed by atoms with Crippen molar-refractivity contribution in [3.63, 3.8) is 0 Å². The molecule has 0 N–H and O–H groups in total. The van der Waals surface area contributed by atoms with Gasteiger partial charge in [0, 0.05) is 46.0 Å². The van der Waals surface area contributed by atoms with Crippen molar-refractivity contribution in [1.29, 1.82) is 0 Å². The van der Waals surface area contributed by atoms with Gasteiger partial charge in [-0.15, -0.1) is 0 Å². The Morgan fingerprint density at radius 2 is 1.62 bits per heavy atom. The number of benzene rings is 1. The fourth-order valence-electron chi connectivity index (χ4n) is 3.42. The van der Waals surface area contributed by atoms with Crippen LogP contribution in [0.15, 0.2) is 24.3 Å². The molecule has 136 valence electrons. The van der Waals surface area contributed by atoms with Crippen LogP contribution in [0.3, 0.4) is 0 Å². The van der Waals surface area contributed by atoms with E-state index in [4.69, 9.17) is 0 Å². The standard InChI is InChI=1S/C18H31N3O2S/c1-6-20(14-17-7-9-18(10-8-17)19(4)5)24(22,23)21-12-15(2)11-16(3)13-21/h7-10,15-16H,6,11-14H2,1-5H3. The molecule has 0 spiro atoms. The van der Waals surface area contributed by atoms with E-state index in [1.165, 1.54) is 0 Å². The zero-order valence-electron chi connectivity index (χ0n) is 15.6. The second-order valence-electron chi connectivity index (χ2n) is 7.26. The van der Waals surface area contributed by atoms with E-state index in [2.05, 4.69) is 13.8 Å². The van der Waals surface area contributed by atoms with Crippen molar-refractivity contribution in [2.75, 3.05) is 38.6 Å². The minimum absolute atomic E-state index is 0.418. The summed E-state index contributed by atoms with van der Waals surface area (Å²) in [5, 5.41) is 0. The topological polar surface area (TPSA) is 43.9 Å². The minimum atomic E-state index is -3.41. The Morgan fingerprint density at radius 1 is 1.08 bits per heavy atom. The first-order valence-electron chi connectivity index (χ1n) is 8.75. The van der Waals surface area contributed by atoms with Crippen molar-refractivity contribution < 1.29 is 8.42 Å². The summed E-state index contributed by atoms with van der Waals surface area (Å²) in [7, 11) is 0.585. The predicted octanol–water partition coefficient (Wildman–Crippen LogP) is 2.80. The summed E-state index contributed by atoms with van der Waals surface area (Å²) in [6.45, 7) is 8.33. The fraction of sp³-hybridized carbons (Fsp3) is 0.667. The lowest BCUT2D eigenvalue weighted by molar-refractivity contribution is 0.208. The molecule has 0 radical (unpaired) electrons. The van der Waals surface area contributed by atoms with Gasteiger partial charge in [0.1, 0.15) is 0 Å². The van der Waals surface area contributed by atoms with Gasteiger partial charge in [0.25, 0.3) is 10.2 Å². The molecule has 1 aliphatic rings. The smallest absolute Gasteiger partial charge is 0.282 e. The van der Waals surface area contributed by atoms with Crippen LogP contribution < -0.4 is 4.90 Å². The third-order valence-corrected chi connectivity index (χ3v) is 6.64. The summed E-state index contributed by atoms with van der Waals surface area (Å²) in [6.07, 6.45) is 1.10. The van der Waals surface area contributed by atoms with Gasteiger partial charge in [-0.05, 0) is 36.0 Å². The summed E-state index contributed by atoms with van der Waals surface area (Å²) in [5.74, 6) is 0.836. The SMILES string of the molecule is CCN(Cc1ccc(N(C)C)cc1)S(=O)(=O)N1CC(C)CC(C)C1. The molecule has 1 aromatic carbocycles. The molecule has 2 rings (SSSR count). The van der Waals surface area contributed by atoms with Crippen LogP contribution in [0.25, 0.3) is 0 Å². The summed E-state index contributed by atoms with van der Waals surface area (Å²) >= 11 is 0. The van der Waals surface area contributed by atoms with Crippen molar-refractivity contribution in [2.45, 2.75) is 33.7 Å². The van der Waals surface area contributed by atoms with Gasteiger partial charge in [0.2, 0.25) is 0 Å². The van der Waals surface area contributed by atoms with Crippen LogP contribution in [0.5, 0.6) is 0 Å². The molecule has 0 saturated carbocycles. The van der Waals surface area contributed by atoms with Crippen molar-refractivity contribution in [2.24, 2.45) is 11.8 Å². The molecule has 0 amide bonds. The highest BCUT2D eigenvalue weighted by Crippen LogP contribution is 2.25. The quantitative estimate of drug-likeness (QED) is 0.790. The van der Waals surface area contributed by atoms with Crippen molar-refractivity contribution in [1.82, 2.24) is 8.61 Å². The molecule has 1 fully saturated rings. The van der Waals surface area contributed by atoms with E-state index >= 15 is 0 Å². The molecule has 0 aromatic heterocycles. The maximum atomic E-state index is 13.0. The zero-order valence-corrected chi connectivity index (χ0v) is 16.4. The van der Waals surface area contributed by atoms with E-state index in [0.717, 1.165) is 17.7 Å². The van der Waals surface area contributed by atoms with Gasteiger partial charge >= 0.3 is 0 Å². The lowest BCUT2D eigenvalue weighted by atomic mass is 9.94. The number of hydrogen-bond acceptors (Lipinski definition) is 3. The van der Waals surface area contributed by atoms with E-state index < -0.39 is 10.2 Å². The number of hydrogen-bond donors (Lipinski definition) is 0. The first-order chi connectivity index (χ1) is 11.2. The number of anilines is 1. The highest BCUT2D eigenvalue weighted by molar-refractivity contribution is 7.86. The van der Waals surface area contributed by atoms with Crippen molar-refractivity contribution in [3.05, 3.63) is 29.8 Å². The van der Waals surface area contributed by atoms with Gasteiger partial charge in [0.05, 0.1) is 0 Å². The van der Waals surface area contributed by atoms with Crippen LogP contribution >= 0.6 is 0 Å². The van der Waals surface area contributed by atoms with Crippen LogP contribution in [0.2, 0.25) is 0 Å². The summed E-state index contributed by atoms with van der Waals surface area (Å²) in [5.41, 5.74) is 2.13. The third-order valence-electron chi connectivity index (χ3n) is 4.65. The Bertz CT molecular complexity index is 618. The molecule has 2 atom stereocenters. The maximum absolute atomic E-state index is 13.0. The van der Waals surface area contributed by atoms with Gasteiger partial charge in [-0.2, -0.15) is 17.0 Å². The highest BCUT2D eigenvalue weighted by Gasteiger charge is 2.34. The van der Waals surface area contributed by atoms with Gasteiger partial charge in [-0.3, -0.25) is 0 Å². The second-order valence-corrected chi connectivity index (χ2v) is 9.19. The Kier molecular flexibility index (Phi) is 6.28. The molecular formula is C18H31N3O2S. The van der Waals surface area contributed by atoms with Gasteiger partial charge < -0.3 is 4.90 Å². The van der Waals surface area contributed by atoms with E-state index in [1.807, 2.05) is 50.2 Å². The normalized spacial score (nSPS) is 22.8. The molecule has 0 aliphatic carbocycles. The lowest BCUT2D eigenvalue weighted by Crippen LogP contribution is -2.49. The molecule has 1 heterocycles. The summed E-state index contributed by atoms with van der Waals surface area (Å²) in [6, 6.07) is 8.08. The molecule has 24 heavy (non-hydrogen) atoms. The molecule has 5 nitrogen and oxygen atoms in total. The molecule has 6 heteroatoms. The molecular weight excluding hydrogens is 322 g/mol. The van der Waals surface area contributed by atoms with Gasteiger partial charge in [-0.25, -0.2) is 0 Å². The number of rotatable bonds is 6. The Hall–Kier alpha value is -1.11. The largest absolute Gasteiger partial charge is 0.378 e. The average Bonchev–Trinajstić information content (AvgIpc) is 2.51. The lowest BCUT2D eigenvalue weighted by Gasteiger charge is -2.37. The van der Waals surface area contributed by atoms with E-state index in [-0.39, 0.29) is 0 Å². The second kappa shape index (κ2) is 7.85. The van der Waals surface area contributed by atoms with E-state index in [1.54, 1.807) is 8.61 Å². The fourth-order valence-corrected chi connectivity index (χ4v) is 5.27. The minimum Gasteiger partial charge on any atom is -0.378 e. The van der Waals surface area contributed by atoms with Crippen LogP contribution in [0.1, 0.15) is 32.8 Å².